The van der Waals surface area contributed by atoms with Crippen molar-refractivity contribution in [3.05, 3.63) is 0 Å². The van der Waals surface area contributed by atoms with Crippen molar-refractivity contribution >= 4 is 19.0 Å². The highest BCUT2D eigenvalue weighted by Crippen LogP contribution is 2.24. The van der Waals surface area contributed by atoms with E-state index in [1.165, 1.54) is 0 Å². The summed E-state index contributed by atoms with van der Waals surface area (Å²) >= 11 is 0. The fourth-order valence-electron chi connectivity index (χ4n) is 2.88. The first-order valence-corrected chi connectivity index (χ1v) is 14.7. The Kier molecular flexibility index (Phi) is 15.9. The van der Waals surface area contributed by atoms with E-state index in [0.29, 0.717) is 39.3 Å². The Morgan fingerprint density at radius 3 is 1.23 bits per heavy atom. The molecular weight excluding hydrogens is 416 g/mol. The first kappa shape index (κ1) is 28.9. The predicted molar refractivity (Wildman–Crippen MR) is 123 cm³/mol. The topological polar surface area (TPSA) is 109 Å². The summed E-state index contributed by atoms with van der Waals surface area (Å²) in [5.74, 6) is -0.254. The Labute approximate surface area is 187 Å². The van der Waals surface area contributed by atoms with Gasteiger partial charge in [0.15, 0.2) is 11.1 Å². The minimum Gasteiger partial charge on any atom is -0.357 e. The molecule has 0 amide bonds. The van der Waals surface area contributed by atoms with E-state index in [1.807, 2.05) is 27.7 Å². The largest absolute Gasteiger partial charge is 0.357 e. The van der Waals surface area contributed by atoms with Crippen LogP contribution in [0.4, 0.5) is 0 Å². The minimum absolute atomic E-state index is 0.127. The van der Waals surface area contributed by atoms with Gasteiger partial charge in [0.05, 0.1) is 31.2 Å². The van der Waals surface area contributed by atoms with Crippen LogP contribution in [0.1, 0.15) is 54.4 Å². The Morgan fingerprint density at radius 1 is 0.700 bits per heavy atom. The molecule has 0 saturated heterocycles. The number of rotatable bonds is 18. The molecule has 0 fully saturated rings. The van der Waals surface area contributed by atoms with Crippen molar-refractivity contribution in [3.63, 3.8) is 0 Å². The quantitative estimate of drug-likeness (QED) is 0.178. The molecule has 0 radical (unpaired) electrons. The summed E-state index contributed by atoms with van der Waals surface area (Å²) < 4.78 is 22.4. The van der Waals surface area contributed by atoms with Crippen molar-refractivity contribution in [2.24, 2.45) is 10.2 Å². The van der Waals surface area contributed by atoms with E-state index in [0.717, 1.165) is 12.1 Å². The lowest BCUT2D eigenvalue weighted by molar-refractivity contribution is -0.0830. The van der Waals surface area contributed by atoms with Crippen LogP contribution in [0.5, 0.6) is 0 Å². The van der Waals surface area contributed by atoms with Crippen molar-refractivity contribution in [3.8, 4) is 12.1 Å². The Morgan fingerprint density at radius 2 is 1.00 bits per heavy atom. The molecule has 0 aliphatic rings. The summed E-state index contributed by atoms with van der Waals surface area (Å²) in [7, 11) is -1.32. The van der Waals surface area contributed by atoms with Gasteiger partial charge in [0, 0.05) is 26.4 Å². The second kappa shape index (κ2) is 16.5. The fraction of sp³-hybridized carbons (Fsp3) is 0.900. The van der Waals surface area contributed by atoms with Gasteiger partial charge in [0.1, 0.15) is 11.8 Å². The lowest BCUT2D eigenvalue weighted by atomic mass is 10.0. The van der Waals surface area contributed by atoms with Crippen LogP contribution in [0.25, 0.3) is 0 Å². The van der Waals surface area contributed by atoms with Crippen LogP contribution < -0.4 is 0 Å². The van der Waals surface area contributed by atoms with Crippen LogP contribution in [0.2, 0.25) is 12.1 Å². The third-order valence-electron chi connectivity index (χ3n) is 4.59. The number of nitrogens with zero attached hydrogens (tertiary/aromatic N) is 4. The molecule has 2 atom stereocenters. The molecule has 0 aromatic carbocycles. The van der Waals surface area contributed by atoms with Crippen LogP contribution in [-0.4, -0.2) is 68.4 Å². The zero-order valence-electron chi connectivity index (χ0n) is 19.6. The summed E-state index contributed by atoms with van der Waals surface area (Å²) in [6, 6.07) is 6.23. The Bertz CT molecular complexity index is 510. The van der Waals surface area contributed by atoms with Gasteiger partial charge < -0.3 is 18.9 Å². The first-order chi connectivity index (χ1) is 14.3. The van der Waals surface area contributed by atoms with E-state index in [4.69, 9.17) is 18.9 Å². The zero-order chi connectivity index (χ0) is 22.9. The number of azo groups is 1. The molecule has 0 aliphatic carbocycles. The summed E-state index contributed by atoms with van der Waals surface area (Å²) in [6.07, 6.45) is 1.17. The average molecular weight is 457 g/mol. The van der Waals surface area contributed by atoms with Gasteiger partial charge >= 0.3 is 0 Å². The van der Waals surface area contributed by atoms with Gasteiger partial charge in [-0.1, -0.05) is 12.1 Å². The average Bonchev–Trinajstić information content (AvgIpc) is 2.73. The first-order valence-electron chi connectivity index (χ1n) is 11.0. The van der Waals surface area contributed by atoms with E-state index >= 15 is 0 Å². The van der Waals surface area contributed by atoms with Crippen molar-refractivity contribution in [2.45, 2.75) is 89.4 Å². The summed E-state index contributed by atoms with van der Waals surface area (Å²) in [4.78, 5) is 0. The highest BCUT2D eigenvalue weighted by Gasteiger charge is 2.29. The molecule has 0 spiro atoms. The second-order valence-corrected chi connectivity index (χ2v) is 11.3. The van der Waals surface area contributed by atoms with Gasteiger partial charge in [-0.25, -0.2) is 0 Å². The van der Waals surface area contributed by atoms with Gasteiger partial charge in [0.2, 0.25) is 0 Å². The maximum atomic E-state index is 9.63. The highest BCUT2D eigenvalue weighted by molar-refractivity contribution is 6.36. The molecule has 0 aliphatic heterocycles. The van der Waals surface area contributed by atoms with Crippen LogP contribution >= 0.6 is 0 Å². The van der Waals surface area contributed by atoms with Crippen LogP contribution in [0, 0.1) is 22.7 Å². The maximum Gasteiger partial charge on any atom is 0.164 e. The summed E-state index contributed by atoms with van der Waals surface area (Å²) in [6.45, 7) is 13.8. The van der Waals surface area contributed by atoms with Gasteiger partial charge in [-0.05, 0) is 54.4 Å². The van der Waals surface area contributed by atoms with Gasteiger partial charge in [0.25, 0.3) is 0 Å². The smallest absolute Gasteiger partial charge is 0.164 e. The lowest BCUT2D eigenvalue weighted by Crippen LogP contribution is -2.29. The Hall–Kier alpha value is -1.15. The van der Waals surface area contributed by atoms with Crippen molar-refractivity contribution in [2.75, 3.05) is 26.4 Å². The third kappa shape index (κ3) is 12.5. The van der Waals surface area contributed by atoms with Crippen LogP contribution in [0.3, 0.4) is 0 Å². The molecule has 10 heteroatoms. The minimum atomic E-state index is -0.940. The molecule has 0 rings (SSSR count). The molecule has 0 aromatic heterocycles. The van der Waals surface area contributed by atoms with Crippen molar-refractivity contribution in [1.29, 1.82) is 10.5 Å². The second-order valence-electron chi connectivity index (χ2n) is 7.44. The standard InChI is InChI=1S/C20H40N4O4Si2/c1-7-25-17(26-8-2)29-13-11-19(5,15-21)23-24-20(6,16-22)12-14-30-18(27-9-3)28-10-4/h17-18H,7-14,29-30H2,1-6H3/b24-23+. The molecular formula is C20H40N4O4Si2. The predicted octanol–water partition coefficient (Wildman–Crippen LogP) is 2.67. The van der Waals surface area contributed by atoms with Crippen LogP contribution in [-0.2, 0) is 18.9 Å². The van der Waals surface area contributed by atoms with E-state index in [1.54, 1.807) is 13.8 Å². The summed E-state index contributed by atoms with van der Waals surface area (Å²) in [5, 5.41) is 27.9. The number of nitriles is 2. The molecule has 0 bridgehead atoms. The zero-order valence-corrected chi connectivity index (χ0v) is 22.5. The molecule has 2 unspecified atom stereocenters. The van der Waals surface area contributed by atoms with Gasteiger partial charge in [-0.2, -0.15) is 20.8 Å². The fourth-order valence-corrected chi connectivity index (χ4v) is 6.94. The molecule has 0 saturated carbocycles. The molecule has 0 N–H and O–H groups in total. The van der Waals surface area contributed by atoms with E-state index in [9.17, 15) is 10.5 Å². The summed E-state index contributed by atoms with van der Waals surface area (Å²) in [5.41, 5.74) is -1.88. The lowest BCUT2D eigenvalue weighted by Gasteiger charge is -2.22. The number of hydrogen-bond donors (Lipinski definition) is 0. The van der Waals surface area contributed by atoms with Gasteiger partial charge in [-0.15, -0.1) is 0 Å². The monoisotopic (exact) mass is 456 g/mol. The SMILES string of the molecule is CCOC(OCC)[SiH2]CCC(C)(C#N)/N=N/C(C)(C#N)CC[SiH2]C(OCC)OCC. The molecule has 8 nitrogen and oxygen atoms in total. The van der Waals surface area contributed by atoms with E-state index < -0.39 is 30.1 Å². The molecule has 0 heterocycles. The highest BCUT2D eigenvalue weighted by atomic mass is 28.2. The number of ether oxygens (including phenoxy) is 4. The third-order valence-corrected chi connectivity index (χ3v) is 8.00. The van der Waals surface area contributed by atoms with Gasteiger partial charge in [-0.3, -0.25) is 0 Å². The Balaban J connectivity index is 4.79. The van der Waals surface area contributed by atoms with Crippen molar-refractivity contribution < 1.29 is 18.9 Å². The van der Waals surface area contributed by atoms with E-state index in [2.05, 4.69) is 22.4 Å². The maximum absolute atomic E-state index is 9.63. The normalized spacial score (nSPS) is 16.6. The molecule has 172 valence electrons. The van der Waals surface area contributed by atoms with Crippen molar-refractivity contribution in [1.82, 2.24) is 0 Å². The number of hydrogen-bond acceptors (Lipinski definition) is 8. The van der Waals surface area contributed by atoms with Crippen LogP contribution in [0.15, 0.2) is 10.2 Å². The van der Waals surface area contributed by atoms with E-state index in [-0.39, 0.29) is 11.8 Å². The molecule has 30 heavy (non-hydrogen) atoms. The molecule has 0 aromatic rings.